The van der Waals surface area contributed by atoms with Gasteiger partial charge in [-0.25, -0.2) is 0 Å². The van der Waals surface area contributed by atoms with E-state index >= 15 is 0 Å². The van der Waals surface area contributed by atoms with Crippen LogP contribution in [0.1, 0.15) is 15.9 Å². The number of hydrogen-bond acceptors (Lipinski definition) is 7. The zero-order valence-corrected chi connectivity index (χ0v) is 13.1. The average Bonchev–Trinajstić information content (AvgIpc) is 3.09. The molecule has 0 atom stereocenters. The fraction of sp³-hybridized carbons (Fsp3) is 0.125. The minimum Gasteiger partial charge on any atom is -0.496 e. The third kappa shape index (κ3) is 3.57. The molecule has 116 valence electrons. The first kappa shape index (κ1) is 15.2. The van der Waals surface area contributed by atoms with Crippen molar-refractivity contribution in [3.05, 3.63) is 53.9 Å². The van der Waals surface area contributed by atoms with Gasteiger partial charge in [0.1, 0.15) is 12.0 Å². The third-order valence-corrected chi connectivity index (χ3v) is 3.99. The van der Waals surface area contributed by atoms with Gasteiger partial charge in [-0.2, -0.15) is 0 Å². The zero-order chi connectivity index (χ0) is 16.1. The summed E-state index contributed by atoms with van der Waals surface area (Å²) >= 11 is 1.39. The Morgan fingerprint density at radius 3 is 2.78 bits per heavy atom. The van der Waals surface area contributed by atoms with E-state index in [1.54, 1.807) is 49.8 Å². The Labute approximate surface area is 136 Å². The molecule has 0 aliphatic rings. The molecule has 1 aromatic carbocycles. The van der Waals surface area contributed by atoms with Crippen LogP contribution in [0.25, 0.3) is 11.5 Å². The zero-order valence-electron chi connectivity index (χ0n) is 12.3. The van der Waals surface area contributed by atoms with Crippen LogP contribution in [0.3, 0.4) is 0 Å². The number of rotatable bonds is 6. The Morgan fingerprint density at radius 2 is 2.04 bits per heavy atom. The first-order valence-electron chi connectivity index (χ1n) is 6.79. The molecule has 0 saturated carbocycles. The number of benzene rings is 1. The maximum absolute atomic E-state index is 10.9. The molecule has 0 amide bonds. The quantitative estimate of drug-likeness (QED) is 0.508. The van der Waals surface area contributed by atoms with Crippen molar-refractivity contribution in [1.82, 2.24) is 15.2 Å². The number of carbonyl (C=O) groups excluding carboxylic acids is 1. The summed E-state index contributed by atoms with van der Waals surface area (Å²) < 4.78 is 10.9. The van der Waals surface area contributed by atoms with Crippen LogP contribution in [-0.4, -0.2) is 28.6 Å². The van der Waals surface area contributed by atoms with E-state index in [9.17, 15) is 4.79 Å². The van der Waals surface area contributed by atoms with Crippen LogP contribution in [0.4, 0.5) is 0 Å². The van der Waals surface area contributed by atoms with Gasteiger partial charge in [-0.05, 0) is 30.3 Å². The molecular weight excluding hydrogens is 314 g/mol. The van der Waals surface area contributed by atoms with Crippen molar-refractivity contribution in [2.75, 3.05) is 7.11 Å². The lowest BCUT2D eigenvalue weighted by Crippen LogP contribution is -1.92. The Kier molecular flexibility index (Phi) is 4.68. The number of aldehydes is 1. The van der Waals surface area contributed by atoms with Crippen molar-refractivity contribution in [1.29, 1.82) is 0 Å². The number of ether oxygens (including phenoxy) is 1. The second-order valence-electron chi connectivity index (χ2n) is 4.59. The molecule has 0 saturated heterocycles. The highest BCUT2D eigenvalue weighted by molar-refractivity contribution is 7.98. The first-order chi connectivity index (χ1) is 11.3. The summed E-state index contributed by atoms with van der Waals surface area (Å²) in [7, 11) is 1.60. The summed E-state index contributed by atoms with van der Waals surface area (Å²) in [6.45, 7) is 0. The summed E-state index contributed by atoms with van der Waals surface area (Å²) in [6.07, 6.45) is 4.14. The summed E-state index contributed by atoms with van der Waals surface area (Å²) in [4.78, 5) is 14.9. The number of nitrogens with zero attached hydrogens (tertiary/aromatic N) is 3. The molecule has 2 aromatic heterocycles. The topological polar surface area (TPSA) is 78.1 Å². The van der Waals surface area contributed by atoms with Crippen LogP contribution < -0.4 is 4.74 Å². The van der Waals surface area contributed by atoms with Gasteiger partial charge in [0, 0.05) is 34.8 Å². The highest BCUT2D eigenvalue weighted by Gasteiger charge is 2.11. The molecule has 2 heterocycles. The fourth-order valence-electron chi connectivity index (χ4n) is 2.00. The lowest BCUT2D eigenvalue weighted by molar-refractivity contribution is 0.112. The van der Waals surface area contributed by atoms with Crippen LogP contribution >= 0.6 is 11.8 Å². The van der Waals surface area contributed by atoms with Gasteiger partial charge >= 0.3 is 0 Å². The minimum absolute atomic E-state index is 0.448. The number of carbonyl (C=O) groups is 1. The molecule has 0 N–H and O–H groups in total. The minimum atomic E-state index is 0.448. The molecule has 3 rings (SSSR count). The van der Waals surface area contributed by atoms with Crippen LogP contribution in [0.15, 0.2) is 52.4 Å². The van der Waals surface area contributed by atoms with Crippen molar-refractivity contribution in [2.24, 2.45) is 0 Å². The van der Waals surface area contributed by atoms with Crippen molar-refractivity contribution in [3.8, 4) is 17.2 Å². The average molecular weight is 327 g/mol. The van der Waals surface area contributed by atoms with Crippen LogP contribution in [0.5, 0.6) is 5.75 Å². The lowest BCUT2D eigenvalue weighted by atomic mass is 10.1. The molecule has 0 fully saturated rings. The van der Waals surface area contributed by atoms with E-state index in [0.717, 1.165) is 23.2 Å². The molecule has 0 aliphatic carbocycles. The number of hydrogen-bond donors (Lipinski definition) is 0. The van der Waals surface area contributed by atoms with E-state index in [2.05, 4.69) is 15.2 Å². The predicted octanol–water partition coefficient (Wildman–Crippen LogP) is 3.25. The van der Waals surface area contributed by atoms with Gasteiger partial charge < -0.3 is 9.15 Å². The van der Waals surface area contributed by atoms with E-state index in [1.165, 1.54) is 11.8 Å². The molecule has 3 aromatic rings. The Bertz CT molecular complexity index is 805. The van der Waals surface area contributed by atoms with Gasteiger partial charge in [0.25, 0.3) is 5.22 Å². The van der Waals surface area contributed by atoms with Gasteiger partial charge in [-0.15, -0.1) is 10.2 Å². The van der Waals surface area contributed by atoms with Gasteiger partial charge in [-0.1, -0.05) is 11.8 Å². The maximum Gasteiger partial charge on any atom is 0.277 e. The van der Waals surface area contributed by atoms with Crippen LogP contribution in [0.2, 0.25) is 0 Å². The van der Waals surface area contributed by atoms with Crippen molar-refractivity contribution >= 4 is 18.0 Å². The highest BCUT2D eigenvalue weighted by atomic mass is 32.2. The second-order valence-corrected chi connectivity index (χ2v) is 5.51. The first-order valence-corrected chi connectivity index (χ1v) is 7.77. The SMILES string of the molecule is COc1ccc(C=O)cc1CSc1nnc(-c2ccncc2)o1. The molecule has 23 heavy (non-hydrogen) atoms. The third-order valence-electron chi connectivity index (χ3n) is 3.13. The van der Waals surface area contributed by atoms with Crippen LogP contribution in [0, 0.1) is 0 Å². The van der Waals surface area contributed by atoms with Gasteiger partial charge in [0.2, 0.25) is 5.89 Å². The number of aromatic nitrogens is 3. The Balaban J connectivity index is 1.74. The monoisotopic (exact) mass is 327 g/mol. The maximum atomic E-state index is 10.9. The summed E-state index contributed by atoms with van der Waals surface area (Å²) in [6, 6.07) is 8.89. The molecule has 0 aliphatic heterocycles. The summed E-state index contributed by atoms with van der Waals surface area (Å²) in [5, 5.41) is 8.50. The number of thioether (sulfide) groups is 1. The largest absolute Gasteiger partial charge is 0.496 e. The fourth-order valence-corrected chi connectivity index (χ4v) is 2.74. The smallest absolute Gasteiger partial charge is 0.277 e. The second kappa shape index (κ2) is 7.06. The number of pyridine rings is 1. The lowest BCUT2D eigenvalue weighted by Gasteiger charge is -2.07. The molecule has 0 unspecified atom stereocenters. The molecule has 6 nitrogen and oxygen atoms in total. The molecule has 0 radical (unpaired) electrons. The van der Waals surface area contributed by atoms with Gasteiger partial charge in [0.05, 0.1) is 7.11 Å². The molecule has 0 bridgehead atoms. The molecule has 7 heteroatoms. The summed E-state index contributed by atoms with van der Waals surface area (Å²) in [5.41, 5.74) is 2.31. The standard InChI is InChI=1S/C16H13N3O3S/c1-21-14-3-2-11(9-20)8-13(14)10-23-16-19-18-15(22-16)12-4-6-17-7-5-12/h2-9H,10H2,1H3. The van der Waals surface area contributed by atoms with Gasteiger partial charge in [0.15, 0.2) is 0 Å². The van der Waals surface area contributed by atoms with E-state index in [-0.39, 0.29) is 0 Å². The van der Waals surface area contributed by atoms with E-state index in [1.807, 2.05) is 0 Å². The van der Waals surface area contributed by atoms with Crippen molar-refractivity contribution in [3.63, 3.8) is 0 Å². The number of methoxy groups -OCH3 is 1. The van der Waals surface area contributed by atoms with Crippen molar-refractivity contribution in [2.45, 2.75) is 11.0 Å². The molecular formula is C16H13N3O3S. The summed E-state index contributed by atoms with van der Waals surface area (Å²) in [5.74, 6) is 1.73. The van der Waals surface area contributed by atoms with E-state index in [0.29, 0.717) is 22.4 Å². The molecule has 0 spiro atoms. The van der Waals surface area contributed by atoms with E-state index in [4.69, 9.17) is 9.15 Å². The van der Waals surface area contributed by atoms with Crippen molar-refractivity contribution < 1.29 is 13.9 Å². The Hall–Kier alpha value is -2.67. The van der Waals surface area contributed by atoms with Crippen LogP contribution in [-0.2, 0) is 5.75 Å². The predicted molar refractivity (Wildman–Crippen MR) is 85.5 cm³/mol. The van der Waals surface area contributed by atoms with E-state index < -0.39 is 0 Å². The Morgan fingerprint density at radius 1 is 1.22 bits per heavy atom. The highest BCUT2D eigenvalue weighted by Crippen LogP contribution is 2.29. The van der Waals surface area contributed by atoms with Gasteiger partial charge in [-0.3, -0.25) is 9.78 Å². The normalized spacial score (nSPS) is 10.5.